The standard InChI is InChI=1S/C22H21N3O6S/c1-4-14-5-7-15(8-6-14)21-23-13(2)20(32-21)22(27)31-12-19(26)24-17-10-9-16(25(28)29)11-18(17)30-3/h5-11H,4,12H2,1-3H3,(H,24,26). The Hall–Kier alpha value is -3.79. The van der Waals surface area contributed by atoms with Crippen LogP contribution in [0.25, 0.3) is 10.6 Å². The van der Waals surface area contributed by atoms with Crippen molar-refractivity contribution in [3.05, 3.63) is 68.7 Å². The normalized spacial score (nSPS) is 10.5. The molecule has 0 fully saturated rings. The molecule has 1 aromatic heterocycles. The summed E-state index contributed by atoms with van der Waals surface area (Å²) >= 11 is 1.20. The Morgan fingerprint density at radius 2 is 1.91 bits per heavy atom. The summed E-state index contributed by atoms with van der Waals surface area (Å²) < 4.78 is 10.2. The number of hydrogen-bond acceptors (Lipinski definition) is 8. The summed E-state index contributed by atoms with van der Waals surface area (Å²) in [5, 5.41) is 14.1. The van der Waals surface area contributed by atoms with Gasteiger partial charge in [-0.3, -0.25) is 14.9 Å². The zero-order valence-corrected chi connectivity index (χ0v) is 18.5. The van der Waals surface area contributed by atoms with Gasteiger partial charge in [0.25, 0.3) is 11.6 Å². The summed E-state index contributed by atoms with van der Waals surface area (Å²) in [4.78, 5) is 39.8. The van der Waals surface area contributed by atoms with Gasteiger partial charge in [0, 0.05) is 11.6 Å². The van der Waals surface area contributed by atoms with E-state index in [-0.39, 0.29) is 17.1 Å². The van der Waals surface area contributed by atoms with Gasteiger partial charge in [-0.1, -0.05) is 31.2 Å². The molecule has 0 aliphatic rings. The van der Waals surface area contributed by atoms with E-state index in [1.165, 1.54) is 42.2 Å². The van der Waals surface area contributed by atoms with E-state index in [1.807, 2.05) is 24.3 Å². The topological polar surface area (TPSA) is 121 Å². The highest BCUT2D eigenvalue weighted by Crippen LogP contribution is 2.30. The Kier molecular flexibility index (Phi) is 7.16. The number of nitrogens with one attached hydrogen (secondary N) is 1. The lowest BCUT2D eigenvalue weighted by atomic mass is 10.1. The molecule has 0 saturated heterocycles. The maximum atomic E-state index is 12.5. The molecule has 0 bridgehead atoms. The van der Waals surface area contributed by atoms with E-state index < -0.39 is 23.4 Å². The fourth-order valence-electron chi connectivity index (χ4n) is 2.87. The molecule has 0 unspecified atom stereocenters. The first kappa shape index (κ1) is 22.9. The van der Waals surface area contributed by atoms with Crippen LogP contribution >= 0.6 is 11.3 Å². The fourth-order valence-corrected chi connectivity index (χ4v) is 3.84. The average Bonchev–Trinajstić information content (AvgIpc) is 3.19. The highest BCUT2D eigenvalue weighted by molar-refractivity contribution is 7.17. The number of amides is 1. The summed E-state index contributed by atoms with van der Waals surface area (Å²) in [6, 6.07) is 11.7. The molecule has 9 nitrogen and oxygen atoms in total. The maximum Gasteiger partial charge on any atom is 0.350 e. The molecule has 1 amide bonds. The second kappa shape index (κ2) is 10.0. The Balaban J connectivity index is 1.64. The van der Waals surface area contributed by atoms with Crippen LogP contribution in [-0.4, -0.2) is 35.5 Å². The molecule has 1 heterocycles. The van der Waals surface area contributed by atoms with Crippen molar-refractivity contribution in [2.75, 3.05) is 19.0 Å². The lowest BCUT2D eigenvalue weighted by Crippen LogP contribution is -2.21. The fraction of sp³-hybridized carbons (Fsp3) is 0.227. The third-order valence-electron chi connectivity index (χ3n) is 4.60. The lowest BCUT2D eigenvalue weighted by molar-refractivity contribution is -0.384. The third kappa shape index (κ3) is 5.27. The molecular formula is C22H21N3O6S. The van der Waals surface area contributed by atoms with Gasteiger partial charge in [-0.15, -0.1) is 11.3 Å². The molecule has 32 heavy (non-hydrogen) atoms. The number of benzene rings is 2. The number of nitro groups is 1. The van der Waals surface area contributed by atoms with Crippen molar-refractivity contribution in [3.8, 4) is 16.3 Å². The molecule has 0 aliphatic heterocycles. The van der Waals surface area contributed by atoms with Gasteiger partial charge in [-0.2, -0.15) is 0 Å². The zero-order chi connectivity index (χ0) is 23.3. The quantitative estimate of drug-likeness (QED) is 0.304. The monoisotopic (exact) mass is 455 g/mol. The van der Waals surface area contributed by atoms with Crippen molar-refractivity contribution in [2.45, 2.75) is 20.3 Å². The van der Waals surface area contributed by atoms with Crippen LogP contribution in [0.15, 0.2) is 42.5 Å². The second-order valence-electron chi connectivity index (χ2n) is 6.75. The van der Waals surface area contributed by atoms with Crippen LogP contribution in [0.3, 0.4) is 0 Å². The van der Waals surface area contributed by atoms with Gasteiger partial charge in [0.2, 0.25) is 0 Å². The molecule has 2 aromatic carbocycles. The van der Waals surface area contributed by atoms with E-state index in [4.69, 9.17) is 9.47 Å². The van der Waals surface area contributed by atoms with Crippen molar-refractivity contribution in [1.29, 1.82) is 0 Å². The second-order valence-corrected chi connectivity index (χ2v) is 7.75. The van der Waals surface area contributed by atoms with Gasteiger partial charge < -0.3 is 14.8 Å². The number of carbonyl (C=O) groups excluding carboxylic acids is 2. The van der Waals surface area contributed by atoms with Crippen LogP contribution in [0.1, 0.15) is 27.9 Å². The smallest absolute Gasteiger partial charge is 0.350 e. The van der Waals surface area contributed by atoms with Crippen LogP contribution in [0, 0.1) is 17.0 Å². The number of nitrogens with zero attached hydrogens (tertiary/aromatic N) is 2. The highest BCUT2D eigenvalue weighted by atomic mass is 32.1. The molecule has 0 saturated carbocycles. The van der Waals surface area contributed by atoms with Gasteiger partial charge in [-0.25, -0.2) is 9.78 Å². The Bertz CT molecular complexity index is 1160. The molecule has 0 radical (unpaired) electrons. The Morgan fingerprint density at radius 1 is 1.19 bits per heavy atom. The lowest BCUT2D eigenvalue weighted by Gasteiger charge is -2.10. The number of rotatable bonds is 8. The number of esters is 1. The summed E-state index contributed by atoms with van der Waals surface area (Å²) in [7, 11) is 1.33. The molecule has 1 N–H and O–H groups in total. The van der Waals surface area contributed by atoms with Crippen molar-refractivity contribution in [3.63, 3.8) is 0 Å². The van der Waals surface area contributed by atoms with Crippen molar-refractivity contribution in [1.82, 2.24) is 4.98 Å². The summed E-state index contributed by atoms with van der Waals surface area (Å²) in [5.74, 6) is -1.14. The van der Waals surface area contributed by atoms with E-state index in [0.717, 1.165) is 12.0 Å². The molecule has 0 atom stereocenters. The summed E-state index contributed by atoms with van der Waals surface area (Å²) in [5.41, 5.74) is 2.68. The van der Waals surface area contributed by atoms with Crippen LogP contribution in [-0.2, 0) is 16.0 Å². The molecule has 3 rings (SSSR count). The largest absolute Gasteiger partial charge is 0.494 e. The minimum atomic E-state index is -0.651. The van der Waals surface area contributed by atoms with Crippen LogP contribution in [0.4, 0.5) is 11.4 Å². The van der Waals surface area contributed by atoms with E-state index in [9.17, 15) is 19.7 Å². The molecule has 10 heteroatoms. The molecule has 3 aromatic rings. The molecule has 0 spiro atoms. The minimum Gasteiger partial charge on any atom is -0.494 e. The van der Waals surface area contributed by atoms with E-state index >= 15 is 0 Å². The van der Waals surface area contributed by atoms with Gasteiger partial charge >= 0.3 is 5.97 Å². The molecule has 166 valence electrons. The SMILES string of the molecule is CCc1ccc(-c2nc(C)c(C(=O)OCC(=O)Nc3ccc([N+](=O)[O-])cc3OC)s2)cc1. The summed E-state index contributed by atoms with van der Waals surface area (Å²) in [6.45, 7) is 3.25. The first-order chi connectivity index (χ1) is 15.3. The predicted molar refractivity (Wildman–Crippen MR) is 120 cm³/mol. The van der Waals surface area contributed by atoms with Crippen LogP contribution < -0.4 is 10.1 Å². The van der Waals surface area contributed by atoms with E-state index in [2.05, 4.69) is 17.2 Å². The van der Waals surface area contributed by atoms with Crippen LogP contribution in [0.2, 0.25) is 0 Å². The minimum absolute atomic E-state index is 0.121. The van der Waals surface area contributed by atoms with Crippen molar-refractivity contribution < 1.29 is 24.0 Å². The van der Waals surface area contributed by atoms with Gasteiger partial charge in [0.15, 0.2) is 6.61 Å². The summed E-state index contributed by atoms with van der Waals surface area (Å²) in [6.07, 6.45) is 0.933. The number of anilines is 1. The van der Waals surface area contributed by atoms with Crippen LogP contribution in [0.5, 0.6) is 5.75 Å². The number of carbonyl (C=O) groups is 2. The van der Waals surface area contributed by atoms with E-state index in [1.54, 1.807) is 6.92 Å². The number of ether oxygens (including phenoxy) is 2. The number of aryl methyl sites for hydroxylation is 2. The van der Waals surface area contributed by atoms with Gasteiger partial charge in [0.1, 0.15) is 15.6 Å². The number of hydrogen-bond donors (Lipinski definition) is 1. The Morgan fingerprint density at radius 3 is 2.53 bits per heavy atom. The number of thiazole rings is 1. The molecule has 0 aliphatic carbocycles. The first-order valence-electron chi connectivity index (χ1n) is 9.68. The number of non-ortho nitro benzene ring substituents is 1. The Labute approximate surface area is 188 Å². The predicted octanol–water partition coefficient (Wildman–Crippen LogP) is 4.39. The molecular weight excluding hydrogens is 434 g/mol. The third-order valence-corrected chi connectivity index (χ3v) is 5.78. The number of methoxy groups -OCH3 is 1. The van der Waals surface area contributed by atoms with Crippen molar-refractivity contribution >= 4 is 34.6 Å². The van der Waals surface area contributed by atoms with E-state index in [0.29, 0.717) is 15.6 Å². The number of nitro benzene ring substituents is 1. The van der Waals surface area contributed by atoms with Crippen molar-refractivity contribution in [2.24, 2.45) is 0 Å². The van der Waals surface area contributed by atoms with Gasteiger partial charge in [-0.05, 0) is 25.0 Å². The zero-order valence-electron chi connectivity index (χ0n) is 17.7. The highest BCUT2D eigenvalue weighted by Gasteiger charge is 2.19. The maximum absolute atomic E-state index is 12.5. The number of aromatic nitrogens is 1. The average molecular weight is 455 g/mol. The first-order valence-corrected chi connectivity index (χ1v) is 10.5. The van der Waals surface area contributed by atoms with Gasteiger partial charge in [0.05, 0.1) is 29.5 Å².